The van der Waals surface area contributed by atoms with Crippen LogP contribution >= 0.6 is 46.4 Å². The number of halogens is 4. The van der Waals surface area contributed by atoms with Gasteiger partial charge < -0.3 is 18.9 Å². The molecular weight excluding hydrogens is 774 g/mol. The van der Waals surface area contributed by atoms with Gasteiger partial charge in [-0.15, -0.1) is 0 Å². The minimum absolute atomic E-state index is 0.291. The highest BCUT2D eigenvalue weighted by Crippen LogP contribution is 2.40. The van der Waals surface area contributed by atoms with E-state index in [0.29, 0.717) is 80.0 Å². The average Bonchev–Trinajstić information content (AvgIpc) is 3.14. The van der Waals surface area contributed by atoms with Gasteiger partial charge in [0.25, 0.3) is 0 Å². The Morgan fingerprint density at radius 3 is 1.85 bits per heavy atom. The van der Waals surface area contributed by atoms with Crippen molar-refractivity contribution in [3.05, 3.63) is 146 Å². The topological polar surface area (TPSA) is 81.9 Å². The summed E-state index contributed by atoms with van der Waals surface area (Å²) in [7, 11) is -1.48. The summed E-state index contributed by atoms with van der Waals surface area (Å²) in [5.41, 5.74) is 5.31. The first kappa shape index (κ1) is 40.7. The van der Waals surface area contributed by atoms with Crippen LogP contribution in [0.1, 0.15) is 36.8 Å². The van der Waals surface area contributed by atoms with Crippen LogP contribution in [0.2, 0.25) is 20.1 Å². The van der Waals surface area contributed by atoms with E-state index in [1.807, 2.05) is 48.6 Å². The Kier molecular flexibility index (Phi) is 14.8. The van der Waals surface area contributed by atoms with Crippen molar-refractivity contribution in [2.45, 2.75) is 30.6 Å². The lowest BCUT2D eigenvalue weighted by Crippen LogP contribution is -2.19. The summed E-state index contributed by atoms with van der Waals surface area (Å²) < 4.78 is 50.4. The van der Waals surface area contributed by atoms with Crippen LogP contribution in [0.4, 0.5) is 17.1 Å². The second kappa shape index (κ2) is 19.2. The number of rotatable bonds is 16. The third-order valence-electron chi connectivity index (χ3n) is 8.74. The second-order valence-electron chi connectivity index (χ2n) is 12.3. The number of allylic oxidation sites excluding steroid dienone is 5. The molecule has 0 N–H and O–H groups in total. The fourth-order valence-electron chi connectivity index (χ4n) is 6.25. The van der Waals surface area contributed by atoms with Crippen molar-refractivity contribution < 1.29 is 27.0 Å². The molecule has 0 amide bonds. The van der Waals surface area contributed by atoms with Crippen molar-refractivity contribution in [1.82, 2.24) is 0 Å². The van der Waals surface area contributed by atoms with Crippen LogP contribution < -0.4 is 4.90 Å². The number of hydrogen-bond donors (Lipinski definition) is 0. The lowest BCUT2D eigenvalue weighted by molar-refractivity contribution is -0.439. The molecule has 12 heteroatoms. The van der Waals surface area contributed by atoms with E-state index in [1.54, 1.807) is 68.8 Å². The fraction of sp³-hybridized carbons (Fsp3) is 0.244. The number of nitrogens with zero attached hydrogens (tertiary/aromatic N) is 2. The highest BCUT2D eigenvalue weighted by molar-refractivity contribution is 7.85. The Hall–Kier alpha value is -3.44. The molecule has 53 heavy (non-hydrogen) atoms. The first-order valence-corrected chi connectivity index (χ1v) is 20.0. The average molecular weight is 815 g/mol. The van der Waals surface area contributed by atoms with Gasteiger partial charge in [-0.3, -0.25) is 0 Å². The van der Waals surface area contributed by atoms with Crippen LogP contribution in [0, 0.1) is 0 Å². The lowest BCUT2D eigenvalue weighted by atomic mass is 9.90. The molecule has 278 valence electrons. The van der Waals surface area contributed by atoms with E-state index in [4.69, 9.17) is 55.9 Å². The lowest BCUT2D eigenvalue weighted by Gasteiger charge is -2.27. The molecule has 0 bridgehead atoms. The van der Waals surface area contributed by atoms with Gasteiger partial charge in [0.05, 0.1) is 20.6 Å². The molecule has 4 aromatic carbocycles. The van der Waals surface area contributed by atoms with E-state index in [9.17, 15) is 13.0 Å². The predicted molar refractivity (Wildman–Crippen MR) is 217 cm³/mol. The quantitative estimate of drug-likeness (QED) is 0.0637. The molecule has 1 aliphatic carbocycles. The van der Waals surface area contributed by atoms with Crippen molar-refractivity contribution >= 4 is 84.9 Å². The Balaban J connectivity index is 1.64. The molecule has 0 radical (unpaired) electrons. The third kappa shape index (κ3) is 10.2. The number of hydrogen-bond acceptors (Lipinski definition) is 6. The Labute approximate surface area is 332 Å². The molecule has 0 unspecified atom stereocenters. The Morgan fingerprint density at radius 2 is 1.26 bits per heavy atom. The largest absolute Gasteiger partial charge is 0.744 e. The maximum Gasteiger partial charge on any atom is 0.243 e. The minimum atomic E-state index is -4.83. The van der Waals surface area contributed by atoms with Crippen LogP contribution in [-0.2, 0) is 19.6 Å². The van der Waals surface area contributed by atoms with Crippen molar-refractivity contribution in [3.8, 4) is 0 Å². The number of anilines is 2. The molecule has 0 saturated heterocycles. The molecule has 0 fully saturated rings. The van der Waals surface area contributed by atoms with E-state index < -0.39 is 10.1 Å². The summed E-state index contributed by atoms with van der Waals surface area (Å²) in [5.74, 6) is 0. The van der Waals surface area contributed by atoms with Gasteiger partial charge >= 0.3 is 0 Å². The van der Waals surface area contributed by atoms with Gasteiger partial charge in [0.15, 0.2) is 0 Å². The molecule has 5 rings (SSSR count). The van der Waals surface area contributed by atoms with Crippen LogP contribution in [-0.4, -0.2) is 63.8 Å². The van der Waals surface area contributed by atoms with Gasteiger partial charge in [0.2, 0.25) is 11.4 Å². The number of methoxy groups -OCH3 is 2. The summed E-state index contributed by atoms with van der Waals surface area (Å²) in [5, 5.41) is 2.06. The normalized spacial score (nSPS) is 12.7. The van der Waals surface area contributed by atoms with Gasteiger partial charge in [0, 0.05) is 63.8 Å². The number of ether oxygens (including phenoxy) is 2. The van der Waals surface area contributed by atoms with E-state index in [0.717, 1.165) is 37.1 Å². The molecule has 4 aromatic rings. The zero-order chi connectivity index (χ0) is 38.0. The molecule has 0 heterocycles. The van der Waals surface area contributed by atoms with E-state index in [1.165, 1.54) is 6.07 Å². The van der Waals surface area contributed by atoms with Crippen LogP contribution in [0.5, 0.6) is 0 Å². The standard InChI is InChI=1S/C41H40Cl4N2O5S/c1-51-27-7-5-25-46(40-34(42)12-9-13-35(40)43)31-21-17-29(18-22-31)39(33-11-3-4-16-38(33)53(48,49)50)30-19-23-32(24-20-30)47(26-6-8-28-52-2)41-36(44)14-10-15-37(41)45/h3-4,9-24H,5-8,25-28H2,1-2H3. The zero-order valence-corrected chi connectivity index (χ0v) is 33.2. The van der Waals surface area contributed by atoms with Crippen molar-refractivity contribution in [3.63, 3.8) is 0 Å². The molecule has 0 aliphatic heterocycles. The minimum Gasteiger partial charge on any atom is -0.744 e. The first-order valence-electron chi connectivity index (χ1n) is 17.1. The van der Waals surface area contributed by atoms with Crippen LogP contribution in [0.3, 0.4) is 0 Å². The van der Waals surface area contributed by atoms with E-state index >= 15 is 0 Å². The Morgan fingerprint density at radius 1 is 0.698 bits per heavy atom. The van der Waals surface area contributed by atoms with Crippen molar-refractivity contribution in [2.75, 3.05) is 45.4 Å². The monoisotopic (exact) mass is 812 g/mol. The van der Waals surface area contributed by atoms with Crippen molar-refractivity contribution in [2.24, 2.45) is 0 Å². The molecular formula is C41H40Cl4N2O5S. The van der Waals surface area contributed by atoms with E-state index in [-0.39, 0.29) is 4.90 Å². The van der Waals surface area contributed by atoms with Crippen LogP contribution in [0.15, 0.2) is 120 Å². The summed E-state index contributed by atoms with van der Waals surface area (Å²) in [6.45, 7) is 2.50. The van der Waals surface area contributed by atoms with Gasteiger partial charge in [-0.2, -0.15) is 4.58 Å². The van der Waals surface area contributed by atoms with Gasteiger partial charge in [-0.25, -0.2) is 8.42 Å². The summed E-state index contributed by atoms with van der Waals surface area (Å²) in [6.07, 6.45) is 11.0. The van der Waals surface area contributed by atoms with Gasteiger partial charge in [-0.1, -0.05) is 88.9 Å². The number of para-hydroxylation sites is 2. The number of benzene rings is 4. The zero-order valence-electron chi connectivity index (χ0n) is 29.4. The molecule has 7 nitrogen and oxygen atoms in total. The van der Waals surface area contributed by atoms with Crippen molar-refractivity contribution in [1.29, 1.82) is 0 Å². The highest BCUT2D eigenvalue weighted by atomic mass is 35.5. The third-order valence-corrected chi connectivity index (χ3v) is 10.9. The smallest absolute Gasteiger partial charge is 0.243 e. The molecule has 0 saturated carbocycles. The van der Waals surface area contributed by atoms with Gasteiger partial charge in [-0.05, 0) is 90.6 Å². The van der Waals surface area contributed by atoms with Gasteiger partial charge in [0.1, 0.15) is 26.7 Å². The maximum atomic E-state index is 12.6. The molecule has 0 spiro atoms. The van der Waals surface area contributed by atoms with E-state index in [2.05, 4.69) is 9.48 Å². The predicted octanol–water partition coefficient (Wildman–Crippen LogP) is 10.9. The fourth-order valence-corrected chi connectivity index (χ4v) is 8.14. The first-order chi connectivity index (χ1) is 25.5. The number of unbranched alkanes of at least 4 members (excludes halogenated alkanes) is 2. The highest BCUT2D eigenvalue weighted by Gasteiger charge is 2.24. The molecule has 0 aromatic heterocycles. The summed E-state index contributed by atoms with van der Waals surface area (Å²) in [4.78, 5) is 1.75. The van der Waals surface area contributed by atoms with Crippen LogP contribution in [0.25, 0.3) is 5.57 Å². The molecule has 0 atom stereocenters. The summed E-state index contributed by atoms with van der Waals surface area (Å²) in [6, 6.07) is 24.8. The Bertz CT molecular complexity index is 2090. The summed E-state index contributed by atoms with van der Waals surface area (Å²) >= 11 is 26.7. The second-order valence-corrected chi connectivity index (χ2v) is 15.2. The SMILES string of the molecule is COCCCCN(c1ccc(C(=C2C=CC(=[N+](CCCCOC)c3c(Cl)cccc3Cl)C=C2)c2ccccc2S(=O)(=O)[O-])cc1)c1c(Cl)cccc1Cl. The maximum absolute atomic E-state index is 12.6. The molecule has 1 aliphatic rings.